The molecule has 6 heteroatoms. The summed E-state index contributed by atoms with van der Waals surface area (Å²) in [5.41, 5.74) is 5.19. The molecule has 0 fully saturated rings. The Labute approximate surface area is 132 Å². The third-order valence-electron chi connectivity index (χ3n) is 3.22. The van der Waals surface area contributed by atoms with Crippen LogP contribution in [0.1, 0.15) is 24.3 Å². The zero-order valence-electron chi connectivity index (χ0n) is 11.7. The van der Waals surface area contributed by atoms with Crippen molar-refractivity contribution in [3.63, 3.8) is 0 Å². The van der Waals surface area contributed by atoms with Crippen LogP contribution in [0.4, 0.5) is 14.5 Å². The maximum absolute atomic E-state index is 14.0. The Morgan fingerprint density at radius 2 is 1.95 bits per heavy atom. The number of nitrogens with two attached hydrogens (primary N) is 1. The topological polar surface area (TPSA) is 38.0 Å². The molecule has 2 nitrogen and oxygen atoms in total. The van der Waals surface area contributed by atoms with E-state index in [1.54, 1.807) is 11.3 Å². The van der Waals surface area contributed by atoms with Crippen LogP contribution in [0.15, 0.2) is 29.6 Å². The number of benzene rings is 1. The highest BCUT2D eigenvalue weighted by Crippen LogP contribution is 2.29. The van der Waals surface area contributed by atoms with Crippen LogP contribution in [-0.2, 0) is 5.41 Å². The minimum absolute atomic E-state index is 0.0294. The summed E-state index contributed by atoms with van der Waals surface area (Å²) >= 11 is 6.35. The number of anilines is 1. The van der Waals surface area contributed by atoms with Crippen molar-refractivity contribution in [3.8, 4) is 0 Å². The highest BCUT2D eigenvalue weighted by molar-refractivity contribution is 7.80. The van der Waals surface area contributed by atoms with Gasteiger partial charge in [-0.1, -0.05) is 32.1 Å². The summed E-state index contributed by atoms with van der Waals surface area (Å²) in [4.78, 5) is 1.12. The van der Waals surface area contributed by atoms with E-state index < -0.39 is 11.6 Å². The number of hydrogen-bond donors (Lipinski definition) is 2. The summed E-state index contributed by atoms with van der Waals surface area (Å²) in [5, 5.41) is 4.83. The van der Waals surface area contributed by atoms with Crippen molar-refractivity contribution in [3.05, 3.63) is 51.7 Å². The van der Waals surface area contributed by atoms with Crippen LogP contribution >= 0.6 is 23.6 Å². The summed E-state index contributed by atoms with van der Waals surface area (Å²) in [6, 6.07) is 6.26. The molecule has 0 saturated carbocycles. The van der Waals surface area contributed by atoms with Crippen molar-refractivity contribution in [2.75, 3.05) is 11.9 Å². The average Bonchev–Trinajstić information content (AvgIpc) is 2.91. The van der Waals surface area contributed by atoms with E-state index in [9.17, 15) is 8.78 Å². The van der Waals surface area contributed by atoms with E-state index >= 15 is 0 Å². The van der Waals surface area contributed by atoms with Gasteiger partial charge < -0.3 is 11.1 Å². The molecule has 0 radical (unpaired) electrons. The van der Waals surface area contributed by atoms with Crippen molar-refractivity contribution >= 4 is 34.2 Å². The first-order chi connectivity index (χ1) is 9.81. The van der Waals surface area contributed by atoms with Gasteiger partial charge in [0, 0.05) is 22.4 Å². The zero-order chi connectivity index (χ0) is 15.6. The van der Waals surface area contributed by atoms with Crippen molar-refractivity contribution in [1.29, 1.82) is 0 Å². The molecular formula is C15H16F2N2S2. The van der Waals surface area contributed by atoms with Crippen molar-refractivity contribution in [1.82, 2.24) is 0 Å². The molecule has 3 N–H and O–H groups in total. The number of rotatable bonds is 5. The molecule has 0 saturated heterocycles. The van der Waals surface area contributed by atoms with E-state index in [-0.39, 0.29) is 21.7 Å². The van der Waals surface area contributed by atoms with Crippen LogP contribution in [-0.4, -0.2) is 11.5 Å². The second-order valence-corrected chi connectivity index (χ2v) is 6.78. The number of thiocarbonyl (C=S) groups is 1. The first-order valence-electron chi connectivity index (χ1n) is 6.38. The molecule has 2 aromatic rings. The summed E-state index contributed by atoms with van der Waals surface area (Å²) in [5.74, 6) is -1.39. The van der Waals surface area contributed by atoms with Crippen LogP contribution in [0.2, 0.25) is 0 Å². The van der Waals surface area contributed by atoms with Crippen LogP contribution in [0, 0.1) is 11.6 Å². The van der Waals surface area contributed by atoms with Gasteiger partial charge in [0.15, 0.2) is 0 Å². The SMILES string of the molecule is CC(C)(CNc1c(F)cc(C(N)=S)cc1F)c1cccs1. The summed E-state index contributed by atoms with van der Waals surface area (Å²) in [6.07, 6.45) is 0. The maximum atomic E-state index is 14.0. The number of nitrogens with one attached hydrogen (secondary N) is 1. The minimum Gasteiger partial charge on any atom is -0.389 e. The highest BCUT2D eigenvalue weighted by atomic mass is 32.1. The van der Waals surface area contributed by atoms with Crippen LogP contribution in [0.25, 0.3) is 0 Å². The molecule has 2 rings (SSSR count). The second-order valence-electron chi connectivity index (χ2n) is 5.39. The van der Waals surface area contributed by atoms with Gasteiger partial charge in [0.05, 0.1) is 0 Å². The number of thiophene rings is 1. The lowest BCUT2D eigenvalue weighted by atomic mass is 9.91. The van der Waals surface area contributed by atoms with E-state index in [1.165, 1.54) is 0 Å². The van der Waals surface area contributed by atoms with E-state index in [2.05, 4.69) is 5.32 Å². The third-order valence-corrected chi connectivity index (χ3v) is 4.69. The average molecular weight is 326 g/mol. The molecule has 0 atom stereocenters. The summed E-state index contributed by atoms with van der Waals surface area (Å²) in [7, 11) is 0. The summed E-state index contributed by atoms with van der Waals surface area (Å²) < 4.78 is 27.9. The molecule has 0 spiro atoms. The van der Waals surface area contributed by atoms with Gasteiger partial charge in [-0.05, 0) is 23.6 Å². The van der Waals surface area contributed by atoms with Gasteiger partial charge in [-0.2, -0.15) is 0 Å². The normalized spacial score (nSPS) is 11.4. The Morgan fingerprint density at radius 1 is 1.33 bits per heavy atom. The Balaban J connectivity index is 2.19. The molecule has 0 aliphatic rings. The summed E-state index contributed by atoms with van der Waals surface area (Å²) in [6.45, 7) is 4.45. The van der Waals surface area contributed by atoms with E-state index in [0.717, 1.165) is 17.0 Å². The second kappa shape index (κ2) is 6.07. The van der Waals surface area contributed by atoms with Crippen LogP contribution in [0.3, 0.4) is 0 Å². The predicted octanol–water partition coefficient (Wildman–Crippen LogP) is 4.05. The van der Waals surface area contributed by atoms with Gasteiger partial charge in [-0.15, -0.1) is 11.3 Å². The van der Waals surface area contributed by atoms with E-state index in [0.29, 0.717) is 6.54 Å². The number of halogens is 2. The van der Waals surface area contributed by atoms with Gasteiger partial charge in [-0.3, -0.25) is 0 Å². The lowest BCUT2D eigenvalue weighted by Crippen LogP contribution is -2.27. The first kappa shape index (κ1) is 15.9. The molecule has 0 aliphatic carbocycles. The molecule has 1 aromatic heterocycles. The molecular weight excluding hydrogens is 310 g/mol. The first-order valence-corrected chi connectivity index (χ1v) is 7.67. The van der Waals surface area contributed by atoms with Crippen molar-refractivity contribution in [2.45, 2.75) is 19.3 Å². The molecule has 1 aromatic carbocycles. The quantitative estimate of drug-likeness (QED) is 0.814. The third kappa shape index (κ3) is 3.57. The van der Waals surface area contributed by atoms with Crippen LogP contribution < -0.4 is 11.1 Å². The minimum atomic E-state index is -0.695. The lowest BCUT2D eigenvalue weighted by molar-refractivity contribution is 0.552. The fraction of sp³-hybridized carbons (Fsp3) is 0.267. The predicted molar refractivity (Wildman–Crippen MR) is 88.1 cm³/mol. The number of hydrogen-bond acceptors (Lipinski definition) is 3. The molecule has 0 aliphatic heterocycles. The maximum Gasteiger partial charge on any atom is 0.150 e. The fourth-order valence-corrected chi connectivity index (χ4v) is 2.91. The zero-order valence-corrected chi connectivity index (χ0v) is 13.4. The molecule has 112 valence electrons. The largest absolute Gasteiger partial charge is 0.389 e. The van der Waals surface area contributed by atoms with Gasteiger partial charge in [-0.25, -0.2) is 8.78 Å². The van der Waals surface area contributed by atoms with E-state index in [1.807, 2.05) is 31.4 Å². The van der Waals surface area contributed by atoms with E-state index in [4.69, 9.17) is 18.0 Å². The van der Waals surface area contributed by atoms with Gasteiger partial charge in [0.2, 0.25) is 0 Å². The highest BCUT2D eigenvalue weighted by Gasteiger charge is 2.23. The fourth-order valence-electron chi connectivity index (χ4n) is 1.94. The molecule has 0 unspecified atom stereocenters. The molecule has 0 amide bonds. The standard InChI is InChI=1S/C15H16F2N2S2/c1-15(2,12-4-3-5-21-12)8-19-13-10(16)6-9(14(18)20)7-11(13)17/h3-7,19H,8H2,1-2H3,(H2,18,20). The van der Waals surface area contributed by atoms with Gasteiger partial charge >= 0.3 is 0 Å². The van der Waals surface area contributed by atoms with Gasteiger partial charge in [0.1, 0.15) is 22.3 Å². The molecule has 1 heterocycles. The Morgan fingerprint density at radius 3 is 2.43 bits per heavy atom. The van der Waals surface area contributed by atoms with Gasteiger partial charge in [0.25, 0.3) is 0 Å². The smallest absolute Gasteiger partial charge is 0.150 e. The van der Waals surface area contributed by atoms with Crippen molar-refractivity contribution in [2.24, 2.45) is 5.73 Å². The van der Waals surface area contributed by atoms with Crippen molar-refractivity contribution < 1.29 is 8.78 Å². The molecule has 0 bridgehead atoms. The lowest BCUT2D eigenvalue weighted by Gasteiger charge is -2.24. The Kier molecular flexibility index (Phi) is 4.58. The van der Waals surface area contributed by atoms with Crippen LogP contribution in [0.5, 0.6) is 0 Å². The molecule has 21 heavy (non-hydrogen) atoms. The monoisotopic (exact) mass is 326 g/mol. The Bertz CT molecular complexity index is 629. The Hall–Kier alpha value is -1.53.